The highest BCUT2D eigenvalue weighted by atomic mass is 16.6. The smallest absolute Gasteiger partial charge is 0.407 e. The van der Waals surface area contributed by atoms with Gasteiger partial charge in [0.15, 0.2) is 0 Å². The Bertz CT molecular complexity index is 639. The van der Waals surface area contributed by atoms with Gasteiger partial charge in [-0.15, -0.1) is 0 Å². The van der Waals surface area contributed by atoms with Gasteiger partial charge in [-0.2, -0.15) is 0 Å². The first-order valence-corrected chi connectivity index (χ1v) is 7.82. The maximum Gasteiger partial charge on any atom is 0.407 e. The predicted octanol–water partition coefficient (Wildman–Crippen LogP) is 3.01. The molecule has 0 unspecified atom stereocenters. The van der Waals surface area contributed by atoms with Crippen LogP contribution in [-0.4, -0.2) is 40.8 Å². The summed E-state index contributed by atoms with van der Waals surface area (Å²) in [5, 5.41) is 25.4. The van der Waals surface area contributed by atoms with E-state index in [1.807, 2.05) is 0 Å². The maximum absolute atomic E-state index is 11.4. The molecule has 1 amide bonds. The van der Waals surface area contributed by atoms with Crippen molar-refractivity contribution in [1.29, 1.82) is 0 Å². The van der Waals surface area contributed by atoms with Gasteiger partial charge < -0.3 is 20.5 Å². The molecular weight excluding hydrogens is 330 g/mol. The van der Waals surface area contributed by atoms with Crippen LogP contribution in [0.5, 0.6) is 0 Å². The van der Waals surface area contributed by atoms with Gasteiger partial charge in [-0.3, -0.25) is 10.1 Å². The third kappa shape index (κ3) is 7.51. The highest BCUT2D eigenvalue weighted by molar-refractivity contribution is 5.89. The highest BCUT2D eigenvalue weighted by Gasteiger charge is 2.17. The Morgan fingerprint density at radius 3 is 2.44 bits per heavy atom. The molecule has 1 aromatic carbocycles. The number of nitrogens with one attached hydrogen (secondary N) is 2. The van der Waals surface area contributed by atoms with Gasteiger partial charge in [-0.25, -0.2) is 9.59 Å². The van der Waals surface area contributed by atoms with E-state index in [0.29, 0.717) is 25.9 Å². The number of nitrogens with zero attached hydrogens (tertiary/aromatic N) is 1. The second-order valence-corrected chi connectivity index (χ2v) is 6.36. The Hall–Kier alpha value is -2.84. The first-order chi connectivity index (χ1) is 11.6. The number of benzene rings is 1. The maximum atomic E-state index is 11.4. The van der Waals surface area contributed by atoms with Crippen LogP contribution in [0.15, 0.2) is 18.2 Å². The molecule has 0 atom stereocenters. The van der Waals surface area contributed by atoms with Gasteiger partial charge in [-0.1, -0.05) is 0 Å². The number of amides is 1. The van der Waals surface area contributed by atoms with Crippen LogP contribution in [0.4, 0.5) is 16.2 Å². The average molecular weight is 353 g/mol. The number of nitro benzene ring substituents is 1. The number of aromatic carboxylic acids is 1. The molecule has 1 aromatic rings. The fourth-order valence-electron chi connectivity index (χ4n) is 1.94. The van der Waals surface area contributed by atoms with Crippen molar-refractivity contribution >= 4 is 23.4 Å². The van der Waals surface area contributed by atoms with E-state index >= 15 is 0 Å². The molecule has 1 rings (SSSR count). The first-order valence-electron chi connectivity index (χ1n) is 7.82. The molecule has 9 nitrogen and oxygen atoms in total. The van der Waals surface area contributed by atoms with Crippen molar-refractivity contribution in [3.05, 3.63) is 33.9 Å². The van der Waals surface area contributed by atoms with Crippen molar-refractivity contribution in [1.82, 2.24) is 5.32 Å². The van der Waals surface area contributed by atoms with Gasteiger partial charge in [-0.05, 0) is 45.7 Å². The summed E-state index contributed by atoms with van der Waals surface area (Å²) in [7, 11) is 0. The quantitative estimate of drug-likeness (QED) is 0.372. The lowest BCUT2D eigenvalue weighted by Gasteiger charge is -2.19. The molecule has 0 aliphatic rings. The lowest BCUT2D eigenvalue weighted by Crippen LogP contribution is -2.33. The molecule has 0 fully saturated rings. The Morgan fingerprint density at radius 2 is 1.88 bits per heavy atom. The van der Waals surface area contributed by atoms with Crippen LogP contribution in [0.2, 0.25) is 0 Å². The minimum atomic E-state index is -1.22. The molecule has 0 saturated carbocycles. The second kappa shape index (κ2) is 8.86. The summed E-state index contributed by atoms with van der Waals surface area (Å²) >= 11 is 0. The van der Waals surface area contributed by atoms with E-state index < -0.39 is 22.6 Å². The van der Waals surface area contributed by atoms with Crippen molar-refractivity contribution < 1.29 is 24.4 Å². The van der Waals surface area contributed by atoms with E-state index in [1.165, 1.54) is 12.1 Å². The Kier molecular flexibility index (Phi) is 7.16. The number of carboxylic acids is 1. The molecule has 0 spiro atoms. The number of anilines is 1. The summed E-state index contributed by atoms with van der Waals surface area (Å²) < 4.78 is 5.10. The van der Waals surface area contributed by atoms with Crippen molar-refractivity contribution in [2.75, 3.05) is 18.4 Å². The number of hydrogen-bond acceptors (Lipinski definition) is 6. The summed E-state index contributed by atoms with van der Waals surface area (Å²) in [5.74, 6) is -1.22. The zero-order valence-electron chi connectivity index (χ0n) is 14.5. The minimum absolute atomic E-state index is 0.140. The molecule has 3 N–H and O–H groups in total. The monoisotopic (exact) mass is 353 g/mol. The van der Waals surface area contributed by atoms with Crippen LogP contribution < -0.4 is 10.6 Å². The molecule has 0 saturated heterocycles. The van der Waals surface area contributed by atoms with E-state index in [-0.39, 0.29) is 16.9 Å². The molecule has 0 bridgehead atoms. The summed E-state index contributed by atoms with van der Waals surface area (Å²) in [6, 6.07) is 3.71. The van der Waals surface area contributed by atoms with Gasteiger partial charge in [0.2, 0.25) is 0 Å². The predicted molar refractivity (Wildman–Crippen MR) is 92.0 cm³/mol. The third-order valence-corrected chi connectivity index (χ3v) is 3.03. The van der Waals surface area contributed by atoms with Crippen LogP contribution in [-0.2, 0) is 4.74 Å². The summed E-state index contributed by atoms with van der Waals surface area (Å²) in [6.45, 7) is 6.21. The van der Waals surface area contributed by atoms with E-state index in [0.717, 1.165) is 6.07 Å². The normalized spacial score (nSPS) is 10.8. The van der Waals surface area contributed by atoms with Crippen LogP contribution in [0.3, 0.4) is 0 Å². The Balaban J connectivity index is 2.40. The van der Waals surface area contributed by atoms with Crippen LogP contribution in [0.1, 0.15) is 44.0 Å². The van der Waals surface area contributed by atoms with Crippen molar-refractivity contribution in [2.24, 2.45) is 0 Å². The molecule has 0 aromatic heterocycles. The van der Waals surface area contributed by atoms with E-state index in [1.54, 1.807) is 20.8 Å². The number of ether oxygens (including phenoxy) is 1. The molecule has 0 aliphatic heterocycles. The number of hydrogen-bond donors (Lipinski definition) is 3. The fraction of sp³-hybridized carbons (Fsp3) is 0.500. The van der Waals surface area contributed by atoms with Crippen molar-refractivity contribution in [3.8, 4) is 0 Å². The number of alkyl carbamates (subject to hydrolysis) is 1. The Morgan fingerprint density at radius 1 is 1.24 bits per heavy atom. The Labute approximate surface area is 145 Å². The summed E-state index contributed by atoms with van der Waals surface area (Å²) in [6.07, 6.45) is 0.835. The number of unbranched alkanes of at least 4 members (excludes halogenated alkanes) is 1. The zero-order chi connectivity index (χ0) is 19.0. The fourth-order valence-corrected chi connectivity index (χ4v) is 1.94. The standard InChI is InChI=1S/C16H23N3O6/c1-16(2,3)25-15(22)18-9-5-4-8-17-12-7-6-11(14(20)21)10-13(12)19(23)24/h6-7,10,17H,4-5,8-9H2,1-3H3,(H,18,22)(H,20,21). The van der Waals surface area contributed by atoms with Crippen LogP contribution in [0.25, 0.3) is 0 Å². The van der Waals surface area contributed by atoms with Gasteiger partial charge in [0.25, 0.3) is 5.69 Å². The molecule has 0 radical (unpaired) electrons. The minimum Gasteiger partial charge on any atom is -0.478 e. The van der Waals surface area contributed by atoms with Crippen molar-refractivity contribution in [2.45, 2.75) is 39.2 Å². The second-order valence-electron chi connectivity index (χ2n) is 6.36. The summed E-state index contributed by atoms with van der Waals surface area (Å²) in [5.41, 5.74) is -0.715. The van der Waals surface area contributed by atoms with Gasteiger partial charge in [0.1, 0.15) is 11.3 Å². The van der Waals surface area contributed by atoms with Gasteiger partial charge in [0.05, 0.1) is 10.5 Å². The van der Waals surface area contributed by atoms with Crippen LogP contribution in [0, 0.1) is 10.1 Å². The topological polar surface area (TPSA) is 131 Å². The highest BCUT2D eigenvalue weighted by Crippen LogP contribution is 2.25. The number of carboxylic acid groups (broad SMARTS) is 1. The van der Waals surface area contributed by atoms with Crippen molar-refractivity contribution in [3.63, 3.8) is 0 Å². The van der Waals surface area contributed by atoms with E-state index in [4.69, 9.17) is 9.84 Å². The molecular formula is C16H23N3O6. The third-order valence-electron chi connectivity index (χ3n) is 3.03. The molecule has 0 aliphatic carbocycles. The molecule has 138 valence electrons. The molecule has 25 heavy (non-hydrogen) atoms. The SMILES string of the molecule is CC(C)(C)OC(=O)NCCCCNc1ccc(C(=O)O)cc1[N+](=O)[O-]. The average Bonchev–Trinajstić information content (AvgIpc) is 2.48. The molecule has 0 heterocycles. The lowest BCUT2D eigenvalue weighted by atomic mass is 10.1. The zero-order valence-corrected chi connectivity index (χ0v) is 14.5. The summed E-state index contributed by atoms with van der Waals surface area (Å²) in [4.78, 5) is 32.7. The van der Waals surface area contributed by atoms with Gasteiger partial charge >= 0.3 is 12.1 Å². The number of carbonyl (C=O) groups excluding carboxylic acids is 1. The van der Waals surface area contributed by atoms with E-state index in [2.05, 4.69) is 10.6 Å². The van der Waals surface area contributed by atoms with E-state index in [9.17, 15) is 19.7 Å². The van der Waals surface area contributed by atoms with Gasteiger partial charge in [0, 0.05) is 19.2 Å². The lowest BCUT2D eigenvalue weighted by molar-refractivity contribution is -0.384. The number of rotatable bonds is 8. The number of carbonyl (C=O) groups is 2. The number of nitro groups is 1. The van der Waals surface area contributed by atoms with Crippen LogP contribution >= 0.6 is 0 Å². The first kappa shape index (κ1) is 20.2. The largest absolute Gasteiger partial charge is 0.478 e. The molecule has 9 heteroatoms.